The first-order chi connectivity index (χ1) is 11.8. The fraction of sp³-hybridized carbons (Fsp3) is 0.176. The Bertz CT molecular complexity index is 825. The highest BCUT2D eigenvalue weighted by Gasteiger charge is 2.15. The first-order valence-corrected chi connectivity index (χ1v) is 7.93. The molecule has 6 nitrogen and oxygen atoms in total. The summed E-state index contributed by atoms with van der Waals surface area (Å²) in [5.41, 5.74) is 7.21. The molecule has 132 valence electrons. The Hall–Kier alpha value is -2.44. The number of carbonyl (C=O) groups excluding carboxylic acids is 2. The Kier molecular flexibility index (Phi) is 6.12. The van der Waals surface area contributed by atoms with E-state index in [9.17, 15) is 9.59 Å². The van der Waals surface area contributed by atoms with Crippen molar-refractivity contribution in [3.63, 3.8) is 0 Å². The number of carbonyl (C=O) groups is 2. The van der Waals surface area contributed by atoms with E-state index in [4.69, 9.17) is 38.4 Å². The lowest BCUT2D eigenvalue weighted by molar-refractivity contribution is -0.119. The van der Waals surface area contributed by atoms with Gasteiger partial charge in [0.25, 0.3) is 5.91 Å². The van der Waals surface area contributed by atoms with Gasteiger partial charge in [0.15, 0.2) is 6.61 Å². The predicted octanol–water partition coefficient (Wildman–Crippen LogP) is 3.69. The lowest BCUT2D eigenvalue weighted by Gasteiger charge is -2.12. The number of hydrogen-bond donors (Lipinski definition) is 2. The molecule has 1 amide bonds. The average Bonchev–Trinajstić information content (AvgIpc) is 2.55. The molecular weight excluding hydrogens is 367 g/mol. The van der Waals surface area contributed by atoms with Gasteiger partial charge in [-0.1, -0.05) is 23.2 Å². The van der Waals surface area contributed by atoms with Crippen LogP contribution in [-0.2, 0) is 9.53 Å². The van der Waals surface area contributed by atoms with Crippen molar-refractivity contribution in [3.8, 4) is 5.75 Å². The number of ether oxygens (including phenoxy) is 2. The molecule has 0 unspecified atom stereocenters. The standard InChI is InChI=1S/C17H16Cl2N2O4/c1-9-5-14(15(24-2)7-12(9)19)21-16(22)8-25-17(23)11-4-3-10(18)6-13(11)20/h3-7H,8,20H2,1-2H3,(H,21,22). The van der Waals surface area contributed by atoms with Crippen LogP contribution in [0.1, 0.15) is 15.9 Å². The summed E-state index contributed by atoms with van der Waals surface area (Å²) in [6.45, 7) is 1.31. The van der Waals surface area contributed by atoms with Crippen molar-refractivity contribution < 1.29 is 19.1 Å². The fourth-order valence-electron chi connectivity index (χ4n) is 2.04. The van der Waals surface area contributed by atoms with E-state index in [1.807, 2.05) is 0 Å². The van der Waals surface area contributed by atoms with Crippen LogP contribution in [0.2, 0.25) is 10.0 Å². The van der Waals surface area contributed by atoms with Crippen LogP contribution in [0.3, 0.4) is 0 Å². The van der Waals surface area contributed by atoms with Crippen molar-refractivity contribution in [2.45, 2.75) is 6.92 Å². The molecular formula is C17H16Cl2N2O4. The zero-order valence-corrected chi connectivity index (χ0v) is 15.1. The zero-order valence-electron chi connectivity index (χ0n) is 13.6. The molecule has 0 aliphatic carbocycles. The number of amides is 1. The predicted molar refractivity (Wildman–Crippen MR) is 97.5 cm³/mol. The smallest absolute Gasteiger partial charge is 0.340 e. The molecule has 0 fully saturated rings. The number of nitrogens with two attached hydrogens (primary N) is 1. The van der Waals surface area contributed by atoms with Crippen LogP contribution >= 0.6 is 23.2 Å². The molecule has 2 aromatic rings. The highest BCUT2D eigenvalue weighted by atomic mass is 35.5. The molecule has 0 aliphatic rings. The van der Waals surface area contributed by atoms with Crippen molar-refractivity contribution in [1.29, 1.82) is 0 Å². The number of halogens is 2. The Balaban J connectivity index is 2.01. The summed E-state index contributed by atoms with van der Waals surface area (Å²) >= 11 is 11.8. The van der Waals surface area contributed by atoms with Crippen molar-refractivity contribution in [1.82, 2.24) is 0 Å². The van der Waals surface area contributed by atoms with Gasteiger partial charge in [-0.25, -0.2) is 4.79 Å². The number of rotatable bonds is 5. The van der Waals surface area contributed by atoms with E-state index in [0.29, 0.717) is 21.5 Å². The van der Waals surface area contributed by atoms with Gasteiger partial charge in [-0.3, -0.25) is 4.79 Å². The summed E-state index contributed by atoms with van der Waals surface area (Å²) in [4.78, 5) is 24.0. The number of anilines is 2. The highest BCUT2D eigenvalue weighted by Crippen LogP contribution is 2.30. The molecule has 0 saturated heterocycles. The van der Waals surface area contributed by atoms with Crippen LogP contribution in [0.4, 0.5) is 11.4 Å². The maximum Gasteiger partial charge on any atom is 0.340 e. The minimum absolute atomic E-state index is 0.136. The van der Waals surface area contributed by atoms with E-state index in [2.05, 4.69) is 5.32 Å². The Morgan fingerprint density at radius 1 is 1.20 bits per heavy atom. The maximum absolute atomic E-state index is 12.0. The highest BCUT2D eigenvalue weighted by molar-refractivity contribution is 6.31. The second kappa shape index (κ2) is 8.09. The summed E-state index contributed by atoms with van der Waals surface area (Å²) in [5.74, 6) is -0.846. The SMILES string of the molecule is COc1cc(Cl)c(C)cc1NC(=O)COC(=O)c1ccc(Cl)cc1N. The number of methoxy groups -OCH3 is 1. The lowest BCUT2D eigenvalue weighted by atomic mass is 10.2. The van der Waals surface area contributed by atoms with Crippen LogP contribution in [0.15, 0.2) is 30.3 Å². The topological polar surface area (TPSA) is 90.6 Å². The molecule has 8 heteroatoms. The van der Waals surface area contributed by atoms with Gasteiger partial charge in [-0.2, -0.15) is 0 Å². The number of benzene rings is 2. The third kappa shape index (κ3) is 4.78. The maximum atomic E-state index is 12.0. The third-order valence-electron chi connectivity index (χ3n) is 3.32. The summed E-state index contributed by atoms with van der Waals surface area (Å²) in [7, 11) is 1.46. The molecule has 0 bridgehead atoms. The van der Waals surface area contributed by atoms with E-state index in [-0.39, 0.29) is 11.3 Å². The molecule has 25 heavy (non-hydrogen) atoms. The molecule has 0 radical (unpaired) electrons. The first-order valence-electron chi connectivity index (χ1n) is 7.18. The molecule has 0 aromatic heterocycles. The number of nitrogen functional groups attached to an aromatic ring is 1. The van der Waals surface area contributed by atoms with E-state index >= 15 is 0 Å². The van der Waals surface area contributed by atoms with Crippen molar-refractivity contribution in [2.75, 3.05) is 24.8 Å². The van der Waals surface area contributed by atoms with Gasteiger partial charge in [0.2, 0.25) is 0 Å². The van der Waals surface area contributed by atoms with E-state index in [1.165, 1.54) is 25.3 Å². The van der Waals surface area contributed by atoms with Gasteiger partial charge in [-0.05, 0) is 36.8 Å². The van der Waals surface area contributed by atoms with Crippen molar-refractivity contribution in [2.24, 2.45) is 0 Å². The summed E-state index contributed by atoms with van der Waals surface area (Å²) in [6, 6.07) is 7.63. The van der Waals surface area contributed by atoms with Gasteiger partial charge in [0, 0.05) is 21.8 Å². The van der Waals surface area contributed by atoms with Gasteiger partial charge >= 0.3 is 5.97 Å². The molecule has 2 aromatic carbocycles. The fourth-order valence-corrected chi connectivity index (χ4v) is 2.38. The molecule has 3 N–H and O–H groups in total. The quantitative estimate of drug-likeness (QED) is 0.607. The van der Waals surface area contributed by atoms with E-state index < -0.39 is 18.5 Å². The van der Waals surface area contributed by atoms with E-state index in [0.717, 1.165) is 5.56 Å². The van der Waals surface area contributed by atoms with Crippen LogP contribution in [0.25, 0.3) is 0 Å². The lowest BCUT2D eigenvalue weighted by Crippen LogP contribution is -2.21. The molecule has 0 aliphatic heterocycles. The largest absolute Gasteiger partial charge is 0.495 e. The molecule has 0 atom stereocenters. The second-order valence-corrected chi connectivity index (χ2v) is 6.00. The van der Waals surface area contributed by atoms with E-state index in [1.54, 1.807) is 19.1 Å². The Morgan fingerprint density at radius 3 is 2.56 bits per heavy atom. The molecule has 0 saturated carbocycles. The van der Waals surface area contributed by atoms with Gasteiger partial charge in [-0.15, -0.1) is 0 Å². The normalized spacial score (nSPS) is 10.2. The minimum atomic E-state index is -0.719. The van der Waals surface area contributed by atoms with Crippen molar-refractivity contribution in [3.05, 3.63) is 51.5 Å². The zero-order chi connectivity index (χ0) is 18.6. The number of hydrogen-bond acceptors (Lipinski definition) is 5. The van der Waals surface area contributed by atoms with Crippen LogP contribution in [0.5, 0.6) is 5.75 Å². The number of nitrogens with one attached hydrogen (secondary N) is 1. The van der Waals surface area contributed by atoms with Crippen molar-refractivity contribution >= 4 is 46.5 Å². The molecule has 0 spiro atoms. The Morgan fingerprint density at radius 2 is 1.92 bits per heavy atom. The second-order valence-electron chi connectivity index (χ2n) is 5.16. The Labute approximate surface area is 154 Å². The third-order valence-corrected chi connectivity index (χ3v) is 3.97. The summed E-state index contributed by atoms with van der Waals surface area (Å²) in [6.07, 6.45) is 0. The molecule has 0 heterocycles. The van der Waals surface area contributed by atoms with Crippen LogP contribution < -0.4 is 15.8 Å². The molecule has 2 rings (SSSR count). The minimum Gasteiger partial charge on any atom is -0.495 e. The van der Waals surface area contributed by atoms with Gasteiger partial charge < -0.3 is 20.5 Å². The van der Waals surface area contributed by atoms with Crippen LogP contribution in [-0.4, -0.2) is 25.6 Å². The monoisotopic (exact) mass is 382 g/mol. The first kappa shape index (κ1) is 18.9. The number of esters is 1. The number of aryl methyl sites for hydroxylation is 1. The van der Waals surface area contributed by atoms with Crippen LogP contribution in [0, 0.1) is 6.92 Å². The van der Waals surface area contributed by atoms with Gasteiger partial charge in [0.05, 0.1) is 18.4 Å². The average molecular weight is 383 g/mol. The summed E-state index contributed by atoms with van der Waals surface area (Å²) in [5, 5.41) is 3.52. The van der Waals surface area contributed by atoms with Gasteiger partial charge in [0.1, 0.15) is 5.75 Å². The summed E-state index contributed by atoms with van der Waals surface area (Å²) < 4.78 is 10.1.